The van der Waals surface area contributed by atoms with Crippen LogP contribution in [0.1, 0.15) is 19.6 Å². The number of anilines is 1. The van der Waals surface area contributed by atoms with E-state index in [1.54, 1.807) is 43.8 Å². The number of nitrogens with one attached hydrogen (secondary N) is 1. The van der Waals surface area contributed by atoms with Gasteiger partial charge in [-0.05, 0) is 32.9 Å². The molecule has 2 heterocycles. The number of benzene rings is 1. The number of hydrogen-bond acceptors (Lipinski definition) is 5. The third-order valence-electron chi connectivity index (χ3n) is 3.36. The van der Waals surface area contributed by atoms with Crippen LogP contribution < -0.4 is 10.1 Å². The van der Waals surface area contributed by atoms with Gasteiger partial charge in [-0.2, -0.15) is 0 Å². The maximum Gasteiger partial charge on any atom is 0.269 e. The van der Waals surface area contributed by atoms with Crippen LogP contribution in [0.15, 0.2) is 53.2 Å². The van der Waals surface area contributed by atoms with E-state index in [2.05, 4.69) is 15.6 Å². The molecule has 124 valence electrons. The maximum atomic E-state index is 12.4. The van der Waals surface area contributed by atoms with Crippen molar-refractivity contribution in [2.45, 2.75) is 26.4 Å². The first-order chi connectivity index (χ1) is 11.4. The molecule has 0 spiro atoms. The summed E-state index contributed by atoms with van der Waals surface area (Å²) < 4.78 is 12.4. The van der Waals surface area contributed by atoms with Gasteiger partial charge in [-0.25, -0.2) is 4.68 Å². The molecule has 2 aromatic heterocycles. The molecular formula is C17H18N4O3. The second kappa shape index (κ2) is 6.19. The number of amides is 1. The molecule has 0 aliphatic rings. The SMILES string of the molecule is Cc1cc(NC(=O)C(C)(C)Oc2ccn(-c3ccccc3)n2)no1. The normalized spacial score (nSPS) is 11.3. The van der Waals surface area contributed by atoms with E-state index in [0.29, 0.717) is 17.5 Å². The van der Waals surface area contributed by atoms with Gasteiger partial charge >= 0.3 is 0 Å². The molecule has 1 N–H and O–H groups in total. The lowest BCUT2D eigenvalue weighted by molar-refractivity contribution is -0.128. The first-order valence-electron chi connectivity index (χ1n) is 7.49. The smallest absolute Gasteiger partial charge is 0.269 e. The quantitative estimate of drug-likeness (QED) is 0.779. The molecule has 0 aliphatic carbocycles. The number of rotatable bonds is 5. The van der Waals surface area contributed by atoms with Crippen molar-refractivity contribution in [2.75, 3.05) is 5.32 Å². The van der Waals surface area contributed by atoms with E-state index < -0.39 is 5.60 Å². The largest absolute Gasteiger partial charge is 0.460 e. The highest BCUT2D eigenvalue weighted by Crippen LogP contribution is 2.19. The van der Waals surface area contributed by atoms with Gasteiger partial charge in [-0.15, -0.1) is 5.10 Å². The van der Waals surface area contributed by atoms with E-state index in [0.717, 1.165) is 5.69 Å². The van der Waals surface area contributed by atoms with E-state index in [1.165, 1.54) is 0 Å². The highest BCUT2D eigenvalue weighted by atomic mass is 16.5. The first kappa shape index (κ1) is 15.8. The van der Waals surface area contributed by atoms with Crippen LogP contribution in [0, 0.1) is 6.92 Å². The van der Waals surface area contributed by atoms with E-state index in [1.807, 2.05) is 30.3 Å². The average Bonchev–Trinajstić information content (AvgIpc) is 3.17. The van der Waals surface area contributed by atoms with E-state index in [-0.39, 0.29) is 5.91 Å². The molecule has 0 bridgehead atoms. The molecule has 0 saturated carbocycles. The summed E-state index contributed by atoms with van der Waals surface area (Å²) in [6.45, 7) is 5.08. The fraction of sp³-hybridized carbons (Fsp3) is 0.235. The molecule has 7 nitrogen and oxygen atoms in total. The molecule has 0 saturated heterocycles. The summed E-state index contributed by atoms with van der Waals surface area (Å²) in [5.41, 5.74) is -0.212. The molecule has 0 unspecified atom stereocenters. The van der Waals surface area contributed by atoms with Crippen LogP contribution in [0.5, 0.6) is 5.88 Å². The Hall–Kier alpha value is -3.09. The van der Waals surface area contributed by atoms with Crippen molar-refractivity contribution < 1.29 is 14.1 Å². The van der Waals surface area contributed by atoms with Crippen LogP contribution in [0.4, 0.5) is 5.82 Å². The van der Waals surface area contributed by atoms with Gasteiger partial charge < -0.3 is 14.6 Å². The molecule has 3 aromatic rings. The van der Waals surface area contributed by atoms with Crippen molar-refractivity contribution in [3.63, 3.8) is 0 Å². The molecule has 24 heavy (non-hydrogen) atoms. The molecule has 0 fully saturated rings. The van der Waals surface area contributed by atoms with Crippen LogP contribution in [-0.4, -0.2) is 26.4 Å². The Bertz CT molecular complexity index is 836. The van der Waals surface area contributed by atoms with Crippen LogP contribution in [-0.2, 0) is 4.79 Å². The minimum absolute atomic E-state index is 0.343. The zero-order valence-electron chi connectivity index (χ0n) is 13.7. The van der Waals surface area contributed by atoms with Crippen molar-refractivity contribution in [1.82, 2.24) is 14.9 Å². The standard InChI is InChI=1S/C17H18N4O3/c1-12-11-14(20-24-12)18-16(22)17(2,3)23-15-9-10-21(19-15)13-7-5-4-6-8-13/h4-11H,1-3H3,(H,18,20,22). The summed E-state index contributed by atoms with van der Waals surface area (Å²) in [5, 5.41) is 10.7. The number of nitrogens with zero attached hydrogens (tertiary/aromatic N) is 3. The summed E-state index contributed by atoms with van der Waals surface area (Å²) in [7, 11) is 0. The van der Waals surface area contributed by atoms with Crippen molar-refractivity contribution in [3.05, 3.63) is 54.4 Å². The number of hydrogen-bond donors (Lipinski definition) is 1. The molecule has 0 aliphatic heterocycles. The predicted molar refractivity (Wildman–Crippen MR) is 88.1 cm³/mol. The lowest BCUT2D eigenvalue weighted by Gasteiger charge is -2.23. The Morgan fingerprint density at radius 3 is 2.67 bits per heavy atom. The third-order valence-corrected chi connectivity index (χ3v) is 3.36. The van der Waals surface area contributed by atoms with Crippen LogP contribution >= 0.6 is 0 Å². The summed E-state index contributed by atoms with van der Waals surface area (Å²) >= 11 is 0. The van der Waals surface area contributed by atoms with E-state index in [9.17, 15) is 4.79 Å². The Labute approximate surface area is 139 Å². The van der Waals surface area contributed by atoms with Crippen LogP contribution in [0.2, 0.25) is 0 Å². The molecule has 1 aromatic carbocycles. The molecule has 0 radical (unpaired) electrons. The lowest BCUT2D eigenvalue weighted by atomic mass is 10.1. The zero-order valence-corrected chi connectivity index (χ0v) is 13.7. The minimum atomic E-state index is -1.12. The topological polar surface area (TPSA) is 82.2 Å². The summed E-state index contributed by atoms with van der Waals surface area (Å²) in [5.74, 6) is 0.981. The summed E-state index contributed by atoms with van der Waals surface area (Å²) in [6, 6.07) is 13.0. The van der Waals surface area contributed by atoms with Gasteiger partial charge in [-0.1, -0.05) is 23.4 Å². The monoisotopic (exact) mass is 326 g/mol. The van der Waals surface area contributed by atoms with Crippen molar-refractivity contribution in [3.8, 4) is 11.6 Å². The Kier molecular flexibility index (Phi) is 4.07. The van der Waals surface area contributed by atoms with Crippen molar-refractivity contribution >= 4 is 11.7 Å². The first-order valence-corrected chi connectivity index (χ1v) is 7.49. The Morgan fingerprint density at radius 2 is 2.00 bits per heavy atom. The molecule has 1 amide bonds. The predicted octanol–water partition coefficient (Wildman–Crippen LogP) is 2.96. The number of carbonyl (C=O) groups excluding carboxylic acids is 1. The fourth-order valence-corrected chi connectivity index (χ4v) is 2.09. The number of carbonyl (C=O) groups is 1. The zero-order chi connectivity index (χ0) is 17.2. The van der Waals surface area contributed by atoms with Crippen LogP contribution in [0.3, 0.4) is 0 Å². The van der Waals surface area contributed by atoms with Gasteiger partial charge in [0.1, 0.15) is 5.76 Å². The van der Waals surface area contributed by atoms with Gasteiger partial charge in [0.05, 0.1) is 5.69 Å². The second-order valence-corrected chi connectivity index (χ2v) is 5.82. The minimum Gasteiger partial charge on any atom is -0.460 e. The maximum absolute atomic E-state index is 12.4. The fourth-order valence-electron chi connectivity index (χ4n) is 2.09. The van der Waals surface area contributed by atoms with Crippen LogP contribution in [0.25, 0.3) is 5.69 Å². The van der Waals surface area contributed by atoms with Gasteiger partial charge in [0.25, 0.3) is 5.91 Å². The highest BCUT2D eigenvalue weighted by Gasteiger charge is 2.31. The van der Waals surface area contributed by atoms with Gasteiger partial charge in [0.15, 0.2) is 11.4 Å². The number of aromatic nitrogens is 3. The molecule has 7 heteroatoms. The average molecular weight is 326 g/mol. The number of ether oxygens (including phenoxy) is 1. The number of para-hydroxylation sites is 1. The Morgan fingerprint density at radius 1 is 1.25 bits per heavy atom. The third kappa shape index (κ3) is 3.45. The lowest BCUT2D eigenvalue weighted by Crippen LogP contribution is -2.42. The highest BCUT2D eigenvalue weighted by molar-refractivity contribution is 5.96. The van der Waals surface area contributed by atoms with Gasteiger partial charge in [0.2, 0.25) is 5.88 Å². The number of aryl methyl sites for hydroxylation is 1. The second-order valence-electron chi connectivity index (χ2n) is 5.82. The van der Waals surface area contributed by atoms with E-state index in [4.69, 9.17) is 9.26 Å². The molecular weight excluding hydrogens is 308 g/mol. The van der Waals surface area contributed by atoms with E-state index >= 15 is 0 Å². The molecule has 0 atom stereocenters. The van der Waals surface area contributed by atoms with Crippen molar-refractivity contribution in [2.24, 2.45) is 0 Å². The van der Waals surface area contributed by atoms with Crippen molar-refractivity contribution in [1.29, 1.82) is 0 Å². The summed E-state index contributed by atoms with van der Waals surface area (Å²) in [6.07, 6.45) is 1.78. The van der Waals surface area contributed by atoms with Gasteiger partial charge in [-0.3, -0.25) is 4.79 Å². The Balaban J connectivity index is 1.70. The van der Waals surface area contributed by atoms with Gasteiger partial charge in [0, 0.05) is 18.3 Å². The summed E-state index contributed by atoms with van der Waals surface area (Å²) in [4.78, 5) is 12.4. The molecule has 3 rings (SSSR count).